The molecule has 3 rings (SSSR count). The molecule has 0 amide bonds. The van der Waals surface area contributed by atoms with Gasteiger partial charge in [0.15, 0.2) is 5.44 Å². The van der Waals surface area contributed by atoms with Crippen molar-refractivity contribution in [2.45, 2.75) is 48.8 Å². The van der Waals surface area contributed by atoms with Crippen molar-refractivity contribution in [3.63, 3.8) is 0 Å². The average Bonchev–Trinajstić information content (AvgIpc) is 2.71. The first kappa shape index (κ1) is 21.0. The third-order valence-corrected chi connectivity index (χ3v) is 6.39. The lowest BCUT2D eigenvalue weighted by Crippen LogP contribution is -2.55. The van der Waals surface area contributed by atoms with Crippen LogP contribution in [0.2, 0.25) is 0 Å². The van der Waals surface area contributed by atoms with Crippen LogP contribution in [-0.4, -0.2) is 61.1 Å². The largest absolute Gasteiger partial charge is 0.508 e. The van der Waals surface area contributed by atoms with Crippen LogP contribution >= 0.6 is 11.8 Å². The quantitative estimate of drug-likeness (QED) is 0.494. The summed E-state index contributed by atoms with van der Waals surface area (Å²) in [6, 6.07) is 13.0. The summed E-state index contributed by atoms with van der Waals surface area (Å²) in [5.41, 5.74) is 2.25. The number of aliphatic hydroxyl groups excluding tert-OH is 4. The van der Waals surface area contributed by atoms with Crippen LogP contribution < -0.4 is 4.74 Å². The molecule has 1 heterocycles. The number of thioether (sulfide) groups is 1. The van der Waals surface area contributed by atoms with Crippen molar-refractivity contribution in [1.29, 1.82) is 0 Å². The first-order valence-corrected chi connectivity index (χ1v) is 10.2. The van der Waals surface area contributed by atoms with E-state index in [1.165, 1.54) is 11.6 Å². The molecule has 28 heavy (non-hydrogen) atoms. The zero-order chi connectivity index (χ0) is 20.3. The van der Waals surface area contributed by atoms with Gasteiger partial charge in [0.2, 0.25) is 0 Å². The molecule has 2 aromatic rings. The molecule has 5 N–H and O–H groups in total. The van der Waals surface area contributed by atoms with E-state index in [9.17, 15) is 25.5 Å². The molecule has 0 spiro atoms. The van der Waals surface area contributed by atoms with E-state index < -0.39 is 29.0 Å². The van der Waals surface area contributed by atoms with Crippen molar-refractivity contribution >= 4 is 11.8 Å². The fourth-order valence-corrected chi connectivity index (χ4v) is 4.44. The maximum absolute atomic E-state index is 10.3. The fourth-order valence-electron chi connectivity index (χ4n) is 3.20. The molecule has 0 radical (unpaired) electrons. The van der Waals surface area contributed by atoms with E-state index in [4.69, 9.17) is 4.74 Å². The average molecular weight is 407 g/mol. The highest BCUT2D eigenvalue weighted by molar-refractivity contribution is 8.00. The molecule has 0 bridgehead atoms. The summed E-state index contributed by atoms with van der Waals surface area (Å²) in [4.78, 5) is 0. The molecule has 1 aliphatic heterocycles. The lowest BCUT2D eigenvalue weighted by Gasteiger charge is -2.39. The van der Waals surface area contributed by atoms with Gasteiger partial charge in [-0.2, -0.15) is 0 Å². The fraction of sp³-hybridized carbons (Fsp3) is 0.429. The van der Waals surface area contributed by atoms with Crippen molar-refractivity contribution in [2.24, 2.45) is 0 Å². The molecule has 1 saturated heterocycles. The number of ether oxygens (including phenoxy) is 1. The zero-order valence-electron chi connectivity index (χ0n) is 15.6. The van der Waals surface area contributed by atoms with Gasteiger partial charge >= 0.3 is 0 Å². The molecule has 1 fully saturated rings. The van der Waals surface area contributed by atoms with Crippen LogP contribution in [0.5, 0.6) is 11.5 Å². The topological polar surface area (TPSA) is 110 Å². The predicted octanol–water partition coefficient (Wildman–Crippen LogP) is 1.44. The number of aliphatic hydroxyl groups is 4. The second-order valence-corrected chi connectivity index (χ2v) is 8.30. The Labute approximate surface area is 168 Å². The maximum Gasteiger partial charge on any atom is 0.173 e. The Kier molecular flexibility index (Phi) is 6.85. The molecule has 1 aliphatic rings. The standard InChI is InChI=1S/C21H26O6S/c1-2-12-3-5-13(6-4-12)9-14-7-8-15(23)10-16(14)27-21-20(26)19(25)18(24)17(11-22)28-21/h3-8,10,17-26H,2,9,11H2,1H3/t17-,18+,19-,20+,21-/m0/s1. The number of aryl methyl sites for hydroxylation is 1. The first-order chi connectivity index (χ1) is 13.4. The van der Waals surface area contributed by atoms with Crippen molar-refractivity contribution in [3.8, 4) is 11.5 Å². The van der Waals surface area contributed by atoms with Gasteiger partial charge in [-0.1, -0.05) is 37.3 Å². The van der Waals surface area contributed by atoms with Crippen LogP contribution in [0.4, 0.5) is 0 Å². The van der Waals surface area contributed by atoms with E-state index in [0.717, 1.165) is 29.3 Å². The first-order valence-electron chi connectivity index (χ1n) is 9.29. The van der Waals surface area contributed by atoms with E-state index in [1.807, 2.05) is 12.1 Å². The van der Waals surface area contributed by atoms with E-state index >= 15 is 0 Å². The number of rotatable bonds is 6. The minimum Gasteiger partial charge on any atom is -0.508 e. The van der Waals surface area contributed by atoms with E-state index in [1.54, 1.807) is 12.1 Å². The predicted molar refractivity (Wildman–Crippen MR) is 108 cm³/mol. The van der Waals surface area contributed by atoms with Crippen molar-refractivity contribution in [1.82, 2.24) is 0 Å². The van der Waals surface area contributed by atoms with Crippen LogP contribution in [0.15, 0.2) is 42.5 Å². The Morgan fingerprint density at radius 3 is 2.25 bits per heavy atom. The Bertz CT molecular complexity index is 779. The second-order valence-electron chi connectivity index (χ2n) is 6.95. The highest BCUT2D eigenvalue weighted by atomic mass is 32.2. The number of hydrogen-bond acceptors (Lipinski definition) is 7. The van der Waals surface area contributed by atoms with Gasteiger partial charge in [-0.05, 0) is 29.2 Å². The van der Waals surface area contributed by atoms with Crippen LogP contribution in [0.3, 0.4) is 0 Å². The highest BCUT2D eigenvalue weighted by Crippen LogP contribution is 2.36. The molecular weight excluding hydrogens is 380 g/mol. The summed E-state index contributed by atoms with van der Waals surface area (Å²) in [5.74, 6) is 0.408. The van der Waals surface area contributed by atoms with Gasteiger partial charge in [-0.15, -0.1) is 11.8 Å². The minimum absolute atomic E-state index is 0.0228. The number of phenolic OH excluding ortho intramolecular Hbond substituents is 1. The van der Waals surface area contributed by atoms with Crippen LogP contribution in [0, 0.1) is 0 Å². The summed E-state index contributed by atoms with van der Waals surface area (Å²) in [5, 5.41) is 48.9. The van der Waals surface area contributed by atoms with E-state index in [2.05, 4.69) is 19.1 Å². The van der Waals surface area contributed by atoms with Gasteiger partial charge in [0.05, 0.1) is 18.0 Å². The highest BCUT2D eigenvalue weighted by Gasteiger charge is 2.44. The maximum atomic E-state index is 10.3. The van der Waals surface area contributed by atoms with E-state index in [0.29, 0.717) is 12.2 Å². The summed E-state index contributed by atoms with van der Waals surface area (Å²) in [7, 11) is 0. The Morgan fingerprint density at radius 2 is 1.61 bits per heavy atom. The summed E-state index contributed by atoms with van der Waals surface area (Å²) >= 11 is 1.06. The molecule has 0 unspecified atom stereocenters. The van der Waals surface area contributed by atoms with Crippen molar-refractivity contribution in [2.75, 3.05) is 6.61 Å². The Balaban J connectivity index is 1.82. The third-order valence-electron chi connectivity index (χ3n) is 4.97. The summed E-state index contributed by atoms with van der Waals surface area (Å²) < 4.78 is 5.92. The lowest BCUT2D eigenvalue weighted by molar-refractivity contribution is -0.0910. The van der Waals surface area contributed by atoms with Crippen molar-refractivity contribution in [3.05, 3.63) is 59.2 Å². The molecule has 0 aliphatic carbocycles. The number of benzene rings is 2. The molecular formula is C21H26O6S. The summed E-state index contributed by atoms with van der Waals surface area (Å²) in [6.07, 6.45) is -2.47. The van der Waals surface area contributed by atoms with E-state index in [-0.39, 0.29) is 12.4 Å². The Hall–Kier alpha value is -1.77. The number of aromatic hydroxyl groups is 1. The van der Waals surface area contributed by atoms with Crippen molar-refractivity contribution < 1.29 is 30.3 Å². The molecule has 0 aromatic heterocycles. The normalized spacial score (nSPS) is 27.5. The van der Waals surface area contributed by atoms with Gasteiger partial charge in [0.25, 0.3) is 0 Å². The minimum atomic E-state index is -1.43. The third kappa shape index (κ3) is 4.61. The monoisotopic (exact) mass is 406 g/mol. The van der Waals surface area contributed by atoms with Gasteiger partial charge < -0.3 is 30.3 Å². The van der Waals surface area contributed by atoms with Gasteiger partial charge in [0, 0.05) is 12.5 Å². The smallest absolute Gasteiger partial charge is 0.173 e. The molecule has 0 saturated carbocycles. The van der Waals surface area contributed by atoms with Crippen LogP contribution in [-0.2, 0) is 12.8 Å². The van der Waals surface area contributed by atoms with Crippen LogP contribution in [0.25, 0.3) is 0 Å². The second kappa shape index (κ2) is 9.15. The van der Waals surface area contributed by atoms with Gasteiger partial charge in [-0.25, -0.2) is 0 Å². The molecule has 6 nitrogen and oxygen atoms in total. The molecule has 152 valence electrons. The number of hydrogen-bond donors (Lipinski definition) is 5. The lowest BCUT2D eigenvalue weighted by atomic mass is 10.0. The number of phenols is 1. The SMILES string of the molecule is CCc1ccc(Cc2ccc(O)cc2O[C@H]2S[C@@H](CO)[C@@H](O)[C@H](O)[C@H]2O)cc1. The van der Waals surface area contributed by atoms with Crippen LogP contribution in [0.1, 0.15) is 23.6 Å². The Morgan fingerprint density at radius 1 is 0.929 bits per heavy atom. The summed E-state index contributed by atoms with van der Waals surface area (Å²) in [6.45, 7) is 1.74. The molecule has 5 atom stereocenters. The molecule has 2 aromatic carbocycles. The molecule has 7 heteroatoms. The van der Waals surface area contributed by atoms with Gasteiger partial charge in [-0.3, -0.25) is 0 Å². The zero-order valence-corrected chi connectivity index (χ0v) is 16.4. The van der Waals surface area contributed by atoms with Gasteiger partial charge in [0.1, 0.15) is 23.7 Å².